The molecule has 0 saturated carbocycles. The summed E-state index contributed by atoms with van der Waals surface area (Å²) < 4.78 is 0. The second-order valence-corrected chi connectivity index (χ2v) is 3.56. The van der Waals surface area contributed by atoms with Gasteiger partial charge in [0.05, 0.1) is 30.2 Å². The van der Waals surface area contributed by atoms with E-state index in [4.69, 9.17) is 10.5 Å². The number of rotatable bonds is 3. The van der Waals surface area contributed by atoms with Crippen LogP contribution in [0.2, 0.25) is 0 Å². The van der Waals surface area contributed by atoms with Crippen LogP contribution < -0.4 is 0 Å². The van der Waals surface area contributed by atoms with Crippen molar-refractivity contribution in [3.8, 4) is 12.1 Å². The van der Waals surface area contributed by atoms with Crippen molar-refractivity contribution in [1.82, 2.24) is 0 Å². The summed E-state index contributed by atoms with van der Waals surface area (Å²) in [7, 11) is 0. The summed E-state index contributed by atoms with van der Waals surface area (Å²) in [5.74, 6) is 0. The van der Waals surface area contributed by atoms with Crippen LogP contribution in [0, 0.1) is 29.6 Å². The van der Waals surface area contributed by atoms with Crippen LogP contribution in [0.5, 0.6) is 0 Å². The van der Waals surface area contributed by atoms with E-state index in [9.17, 15) is 10.2 Å². The van der Waals surface area contributed by atoms with E-state index in [1.807, 2.05) is 6.07 Å². The lowest BCUT2D eigenvalue weighted by molar-refractivity contribution is 0.0212. The molecule has 1 rings (SSSR count). The first-order chi connectivity index (χ1) is 7.60. The van der Waals surface area contributed by atoms with Crippen molar-refractivity contribution in [3.05, 3.63) is 34.9 Å². The Balaban J connectivity index is 2.97. The number of aryl methyl sites for hydroxylation is 1. The molecule has 1 aromatic carbocycles. The fourth-order valence-corrected chi connectivity index (χ4v) is 1.49. The lowest BCUT2D eigenvalue weighted by Crippen LogP contribution is -2.18. The van der Waals surface area contributed by atoms with Gasteiger partial charge in [0, 0.05) is 0 Å². The van der Waals surface area contributed by atoms with E-state index in [1.165, 1.54) is 0 Å². The van der Waals surface area contributed by atoms with Crippen molar-refractivity contribution in [2.45, 2.75) is 25.6 Å². The molecule has 0 saturated heterocycles. The number of aliphatic hydroxyl groups is 2. The Labute approximate surface area is 94.0 Å². The molecule has 2 unspecified atom stereocenters. The van der Waals surface area contributed by atoms with Crippen molar-refractivity contribution < 1.29 is 10.2 Å². The molecule has 0 spiro atoms. The average molecular weight is 216 g/mol. The SMILES string of the molecule is Cc1cc(C#N)ccc1C(O)C(O)CC#N. The molecule has 0 radical (unpaired) electrons. The van der Waals surface area contributed by atoms with Crippen LogP contribution in [0.15, 0.2) is 18.2 Å². The van der Waals surface area contributed by atoms with Crippen molar-refractivity contribution in [3.63, 3.8) is 0 Å². The molecule has 0 amide bonds. The Morgan fingerprint density at radius 3 is 2.50 bits per heavy atom. The minimum absolute atomic E-state index is 0.124. The van der Waals surface area contributed by atoms with E-state index >= 15 is 0 Å². The zero-order valence-corrected chi connectivity index (χ0v) is 8.88. The molecule has 0 aliphatic heterocycles. The van der Waals surface area contributed by atoms with Crippen molar-refractivity contribution >= 4 is 0 Å². The van der Waals surface area contributed by atoms with E-state index in [1.54, 1.807) is 31.2 Å². The van der Waals surface area contributed by atoms with Gasteiger partial charge in [0.25, 0.3) is 0 Å². The summed E-state index contributed by atoms with van der Waals surface area (Å²) in [6, 6.07) is 8.60. The third-order valence-electron chi connectivity index (χ3n) is 2.38. The van der Waals surface area contributed by atoms with E-state index < -0.39 is 12.2 Å². The average Bonchev–Trinajstić information content (AvgIpc) is 2.28. The minimum atomic E-state index is -1.10. The van der Waals surface area contributed by atoms with Crippen LogP contribution in [-0.4, -0.2) is 16.3 Å². The van der Waals surface area contributed by atoms with Gasteiger partial charge in [-0.25, -0.2) is 0 Å². The quantitative estimate of drug-likeness (QED) is 0.793. The molecule has 2 N–H and O–H groups in total. The van der Waals surface area contributed by atoms with Crippen LogP contribution in [0.3, 0.4) is 0 Å². The monoisotopic (exact) mass is 216 g/mol. The number of nitriles is 2. The van der Waals surface area contributed by atoms with Gasteiger partial charge in [0.15, 0.2) is 0 Å². The molecule has 0 aliphatic rings. The van der Waals surface area contributed by atoms with Crippen LogP contribution in [0.4, 0.5) is 0 Å². The number of benzene rings is 1. The smallest absolute Gasteiger partial charge is 0.106 e. The molecule has 0 aliphatic carbocycles. The van der Waals surface area contributed by atoms with Crippen LogP contribution in [0.1, 0.15) is 29.2 Å². The van der Waals surface area contributed by atoms with Gasteiger partial charge in [-0.05, 0) is 30.2 Å². The highest BCUT2D eigenvalue weighted by molar-refractivity contribution is 5.38. The zero-order chi connectivity index (χ0) is 12.1. The highest BCUT2D eigenvalue weighted by atomic mass is 16.3. The molecule has 1 aromatic rings. The summed E-state index contributed by atoms with van der Waals surface area (Å²) >= 11 is 0. The van der Waals surface area contributed by atoms with Gasteiger partial charge >= 0.3 is 0 Å². The molecule has 82 valence electrons. The van der Waals surface area contributed by atoms with E-state index in [0.29, 0.717) is 11.1 Å². The van der Waals surface area contributed by atoms with Gasteiger partial charge in [0.1, 0.15) is 6.10 Å². The van der Waals surface area contributed by atoms with Gasteiger partial charge in [-0.3, -0.25) is 0 Å². The van der Waals surface area contributed by atoms with Crippen molar-refractivity contribution in [1.29, 1.82) is 10.5 Å². The van der Waals surface area contributed by atoms with Gasteiger partial charge in [-0.2, -0.15) is 10.5 Å². The van der Waals surface area contributed by atoms with Gasteiger partial charge in [-0.15, -0.1) is 0 Å². The Morgan fingerprint density at radius 2 is 2.00 bits per heavy atom. The minimum Gasteiger partial charge on any atom is -0.389 e. The zero-order valence-electron chi connectivity index (χ0n) is 8.88. The second kappa shape index (κ2) is 5.27. The first-order valence-electron chi connectivity index (χ1n) is 4.84. The molecule has 4 nitrogen and oxygen atoms in total. The molecular formula is C12H12N2O2. The number of hydrogen-bond donors (Lipinski definition) is 2. The standard InChI is InChI=1S/C12H12N2O2/c1-8-6-9(7-14)2-3-10(8)12(16)11(15)4-5-13/h2-3,6,11-12,15-16H,4H2,1H3. The first-order valence-corrected chi connectivity index (χ1v) is 4.84. The Hall–Kier alpha value is -1.88. The van der Waals surface area contributed by atoms with E-state index in [2.05, 4.69) is 0 Å². The summed E-state index contributed by atoms with van der Waals surface area (Å²) in [6.07, 6.45) is -2.32. The van der Waals surface area contributed by atoms with Crippen LogP contribution >= 0.6 is 0 Å². The number of nitrogens with zero attached hydrogens (tertiary/aromatic N) is 2. The summed E-state index contributed by atoms with van der Waals surface area (Å²) in [5.41, 5.74) is 1.77. The highest BCUT2D eigenvalue weighted by Gasteiger charge is 2.19. The van der Waals surface area contributed by atoms with Crippen molar-refractivity contribution in [2.24, 2.45) is 0 Å². The van der Waals surface area contributed by atoms with Gasteiger partial charge in [0.2, 0.25) is 0 Å². The summed E-state index contributed by atoms with van der Waals surface area (Å²) in [4.78, 5) is 0. The number of hydrogen-bond acceptors (Lipinski definition) is 4. The maximum atomic E-state index is 9.78. The van der Waals surface area contributed by atoms with Crippen LogP contribution in [0.25, 0.3) is 0 Å². The van der Waals surface area contributed by atoms with E-state index in [0.717, 1.165) is 5.56 Å². The fourth-order valence-electron chi connectivity index (χ4n) is 1.49. The van der Waals surface area contributed by atoms with E-state index in [-0.39, 0.29) is 6.42 Å². The lowest BCUT2D eigenvalue weighted by Gasteiger charge is -2.17. The molecular weight excluding hydrogens is 204 g/mol. The molecule has 0 aromatic heterocycles. The Kier molecular flexibility index (Phi) is 4.02. The van der Waals surface area contributed by atoms with Crippen molar-refractivity contribution in [2.75, 3.05) is 0 Å². The third-order valence-corrected chi connectivity index (χ3v) is 2.38. The lowest BCUT2D eigenvalue weighted by atomic mass is 9.96. The molecule has 0 bridgehead atoms. The maximum absolute atomic E-state index is 9.78. The fraction of sp³-hybridized carbons (Fsp3) is 0.333. The molecule has 2 atom stereocenters. The molecule has 4 heteroatoms. The first kappa shape index (κ1) is 12.2. The van der Waals surface area contributed by atoms with Gasteiger partial charge in [-0.1, -0.05) is 6.07 Å². The molecule has 16 heavy (non-hydrogen) atoms. The van der Waals surface area contributed by atoms with Crippen LogP contribution in [-0.2, 0) is 0 Å². The predicted molar refractivity (Wildman–Crippen MR) is 57.1 cm³/mol. The Bertz CT molecular complexity index is 457. The molecule has 0 heterocycles. The predicted octanol–water partition coefficient (Wildman–Crippen LogP) is 1.17. The summed E-state index contributed by atoms with van der Waals surface area (Å²) in [5, 5.41) is 36.4. The number of aliphatic hydroxyl groups excluding tert-OH is 2. The topological polar surface area (TPSA) is 88.0 Å². The normalized spacial score (nSPS) is 13.6. The highest BCUT2D eigenvalue weighted by Crippen LogP contribution is 2.23. The summed E-state index contributed by atoms with van der Waals surface area (Å²) in [6.45, 7) is 1.75. The second-order valence-electron chi connectivity index (χ2n) is 3.56. The van der Waals surface area contributed by atoms with Gasteiger partial charge < -0.3 is 10.2 Å². The maximum Gasteiger partial charge on any atom is 0.106 e. The largest absolute Gasteiger partial charge is 0.389 e. The Morgan fingerprint density at radius 1 is 1.31 bits per heavy atom. The third kappa shape index (κ3) is 2.58. The molecule has 0 fully saturated rings.